The molecule has 0 radical (unpaired) electrons. The lowest BCUT2D eigenvalue weighted by molar-refractivity contribution is -0.384. The van der Waals surface area contributed by atoms with Gasteiger partial charge in [-0.15, -0.1) is 0 Å². The monoisotopic (exact) mass is 342 g/mol. The number of likely N-dealkylation sites (tertiary alicyclic amines) is 1. The van der Waals surface area contributed by atoms with Crippen LogP contribution in [0, 0.1) is 10.1 Å². The highest BCUT2D eigenvalue weighted by molar-refractivity contribution is 5.57. The molecule has 1 aromatic heterocycles. The lowest BCUT2D eigenvalue weighted by Gasteiger charge is -2.33. The highest BCUT2D eigenvalue weighted by Gasteiger charge is 2.24. The lowest BCUT2D eigenvalue weighted by Crippen LogP contribution is -2.41. The summed E-state index contributed by atoms with van der Waals surface area (Å²) in [4.78, 5) is 21.3. The average Bonchev–Trinajstić information content (AvgIpc) is 2.62. The molecule has 1 atom stereocenters. The number of aromatic nitrogens is 2. The Labute approximate surface area is 146 Å². The van der Waals surface area contributed by atoms with E-state index in [2.05, 4.69) is 37.6 Å². The molecule has 2 aromatic rings. The van der Waals surface area contributed by atoms with Crippen molar-refractivity contribution in [3.8, 4) is 0 Å². The maximum atomic E-state index is 11.2. The molecule has 0 amide bonds. The minimum atomic E-state index is -0.452. The fourth-order valence-corrected chi connectivity index (χ4v) is 3.09. The molecule has 0 aliphatic carbocycles. The zero-order valence-electron chi connectivity index (χ0n) is 14.2. The molecule has 1 fully saturated rings. The van der Waals surface area contributed by atoms with E-state index in [0.29, 0.717) is 5.95 Å². The van der Waals surface area contributed by atoms with Gasteiger partial charge in [0.1, 0.15) is 6.20 Å². The summed E-state index contributed by atoms with van der Waals surface area (Å²) in [6.07, 6.45) is 3.25. The molecule has 25 heavy (non-hydrogen) atoms. The third-order valence-corrected chi connectivity index (χ3v) is 4.29. The highest BCUT2D eigenvalue weighted by Crippen LogP contribution is 2.25. The SMILES string of the molecule is CNc1ncc([N+](=O)[O-])c(NC2CCCN(Cc3ccccc3)C2)n1. The Morgan fingerprint density at radius 2 is 2.16 bits per heavy atom. The van der Waals surface area contributed by atoms with Crippen LogP contribution in [0.1, 0.15) is 18.4 Å². The van der Waals surface area contributed by atoms with Crippen molar-refractivity contribution in [2.75, 3.05) is 30.8 Å². The maximum absolute atomic E-state index is 11.2. The Morgan fingerprint density at radius 3 is 2.88 bits per heavy atom. The number of nitrogens with zero attached hydrogens (tertiary/aromatic N) is 4. The van der Waals surface area contributed by atoms with Crippen molar-refractivity contribution < 1.29 is 4.92 Å². The molecule has 1 unspecified atom stereocenters. The minimum Gasteiger partial charge on any atom is -0.360 e. The molecule has 2 heterocycles. The number of hydrogen-bond acceptors (Lipinski definition) is 7. The Bertz CT molecular complexity index is 724. The van der Waals surface area contributed by atoms with Gasteiger partial charge in [-0.1, -0.05) is 30.3 Å². The van der Waals surface area contributed by atoms with Crippen molar-refractivity contribution in [1.29, 1.82) is 0 Å². The summed E-state index contributed by atoms with van der Waals surface area (Å²) in [7, 11) is 1.69. The zero-order valence-corrected chi connectivity index (χ0v) is 14.2. The number of rotatable bonds is 6. The van der Waals surface area contributed by atoms with Crippen molar-refractivity contribution >= 4 is 17.5 Å². The van der Waals surface area contributed by atoms with E-state index in [9.17, 15) is 10.1 Å². The first-order valence-electron chi connectivity index (χ1n) is 8.37. The van der Waals surface area contributed by atoms with E-state index >= 15 is 0 Å². The number of piperidine rings is 1. The van der Waals surface area contributed by atoms with Gasteiger partial charge >= 0.3 is 5.69 Å². The van der Waals surface area contributed by atoms with Gasteiger partial charge in [-0.3, -0.25) is 15.0 Å². The smallest absolute Gasteiger partial charge is 0.329 e. The molecule has 132 valence electrons. The van der Waals surface area contributed by atoms with E-state index in [4.69, 9.17) is 0 Å². The molecule has 0 spiro atoms. The van der Waals surface area contributed by atoms with Gasteiger partial charge in [-0.05, 0) is 24.9 Å². The third-order valence-electron chi connectivity index (χ3n) is 4.29. The minimum absolute atomic E-state index is 0.0980. The van der Waals surface area contributed by atoms with Crippen molar-refractivity contribution in [3.63, 3.8) is 0 Å². The quantitative estimate of drug-likeness (QED) is 0.615. The molecule has 8 heteroatoms. The van der Waals surface area contributed by atoms with E-state index in [1.54, 1.807) is 7.05 Å². The average molecular weight is 342 g/mol. The van der Waals surface area contributed by atoms with Gasteiger partial charge in [0, 0.05) is 26.2 Å². The Balaban J connectivity index is 1.69. The van der Waals surface area contributed by atoms with E-state index in [1.807, 2.05) is 18.2 Å². The Kier molecular flexibility index (Phi) is 5.39. The number of nitrogens with one attached hydrogen (secondary N) is 2. The summed E-state index contributed by atoms with van der Waals surface area (Å²) in [6.45, 7) is 2.73. The lowest BCUT2D eigenvalue weighted by atomic mass is 10.0. The van der Waals surface area contributed by atoms with Crippen molar-refractivity contribution in [2.45, 2.75) is 25.4 Å². The molecule has 0 saturated carbocycles. The molecule has 3 rings (SSSR count). The number of nitro groups is 1. The van der Waals surface area contributed by atoms with Gasteiger partial charge in [-0.25, -0.2) is 4.98 Å². The van der Waals surface area contributed by atoms with Crippen LogP contribution in [0.3, 0.4) is 0 Å². The van der Waals surface area contributed by atoms with Crippen LogP contribution in [0.25, 0.3) is 0 Å². The van der Waals surface area contributed by atoms with E-state index in [0.717, 1.165) is 32.5 Å². The predicted octanol–water partition coefficient (Wildman–Crippen LogP) is 2.50. The fourth-order valence-electron chi connectivity index (χ4n) is 3.09. The normalized spacial score (nSPS) is 17.9. The molecule has 0 bridgehead atoms. The second-order valence-electron chi connectivity index (χ2n) is 6.14. The van der Waals surface area contributed by atoms with E-state index in [-0.39, 0.29) is 17.5 Å². The van der Waals surface area contributed by atoms with Crippen LogP contribution in [0.2, 0.25) is 0 Å². The van der Waals surface area contributed by atoms with Crippen LogP contribution >= 0.6 is 0 Å². The first-order chi connectivity index (χ1) is 12.2. The van der Waals surface area contributed by atoms with E-state index in [1.165, 1.54) is 11.8 Å². The summed E-state index contributed by atoms with van der Waals surface area (Å²) >= 11 is 0. The molecule has 2 N–H and O–H groups in total. The maximum Gasteiger partial charge on any atom is 0.329 e. The molecular weight excluding hydrogens is 320 g/mol. The summed E-state index contributed by atoms with van der Waals surface area (Å²) in [5, 5.41) is 17.3. The second-order valence-corrected chi connectivity index (χ2v) is 6.14. The predicted molar refractivity (Wildman–Crippen MR) is 96.6 cm³/mol. The van der Waals surface area contributed by atoms with Gasteiger partial charge in [0.25, 0.3) is 0 Å². The first kappa shape index (κ1) is 17.1. The van der Waals surface area contributed by atoms with Gasteiger partial charge in [0.15, 0.2) is 0 Å². The van der Waals surface area contributed by atoms with Crippen molar-refractivity contribution in [2.24, 2.45) is 0 Å². The van der Waals surface area contributed by atoms with Crippen molar-refractivity contribution in [1.82, 2.24) is 14.9 Å². The molecule has 1 aromatic carbocycles. The Hall–Kier alpha value is -2.74. The largest absolute Gasteiger partial charge is 0.360 e. The molecule has 1 saturated heterocycles. The van der Waals surface area contributed by atoms with Crippen molar-refractivity contribution in [3.05, 3.63) is 52.2 Å². The third kappa shape index (κ3) is 4.42. The first-order valence-corrected chi connectivity index (χ1v) is 8.37. The summed E-state index contributed by atoms with van der Waals surface area (Å²) in [6, 6.07) is 10.4. The molecule has 1 aliphatic heterocycles. The van der Waals surface area contributed by atoms with Gasteiger partial charge < -0.3 is 10.6 Å². The van der Waals surface area contributed by atoms with Gasteiger partial charge in [-0.2, -0.15) is 4.98 Å². The molecular formula is C17H22N6O2. The zero-order chi connectivity index (χ0) is 17.6. The fraction of sp³-hybridized carbons (Fsp3) is 0.412. The van der Waals surface area contributed by atoms with Crippen LogP contribution in [-0.4, -0.2) is 46.0 Å². The Morgan fingerprint density at radius 1 is 1.36 bits per heavy atom. The highest BCUT2D eigenvalue weighted by atomic mass is 16.6. The van der Waals surface area contributed by atoms with Crippen LogP contribution in [0.4, 0.5) is 17.5 Å². The van der Waals surface area contributed by atoms with Crippen LogP contribution in [0.15, 0.2) is 36.5 Å². The van der Waals surface area contributed by atoms with Gasteiger partial charge in [0.05, 0.1) is 4.92 Å². The standard InChI is InChI=1S/C17H22N6O2/c1-18-17-19-10-15(23(24)25)16(21-17)20-14-8-5-9-22(12-14)11-13-6-3-2-4-7-13/h2-4,6-7,10,14H,5,8-9,11-12H2,1H3,(H2,18,19,20,21). The summed E-state index contributed by atoms with van der Waals surface area (Å²) in [5.74, 6) is 0.640. The number of hydrogen-bond donors (Lipinski definition) is 2. The number of anilines is 2. The van der Waals surface area contributed by atoms with Gasteiger partial charge in [0.2, 0.25) is 11.8 Å². The summed E-state index contributed by atoms with van der Waals surface area (Å²) in [5.41, 5.74) is 1.17. The molecule has 8 nitrogen and oxygen atoms in total. The van der Waals surface area contributed by atoms with Crippen LogP contribution in [-0.2, 0) is 6.54 Å². The van der Waals surface area contributed by atoms with E-state index < -0.39 is 4.92 Å². The molecule has 1 aliphatic rings. The van der Waals surface area contributed by atoms with Crippen LogP contribution < -0.4 is 10.6 Å². The topological polar surface area (TPSA) is 96.2 Å². The summed E-state index contributed by atoms with van der Waals surface area (Å²) < 4.78 is 0. The van der Waals surface area contributed by atoms with Crippen LogP contribution in [0.5, 0.6) is 0 Å². The second kappa shape index (κ2) is 7.89. The number of benzene rings is 1.